The van der Waals surface area contributed by atoms with Gasteiger partial charge in [0.15, 0.2) is 0 Å². The molecule has 94 valence electrons. The zero-order valence-corrected chi connectivity index (χ0v) is 10.5. The van der Waals surface area contributed by atoms with Crippen LogP contribution in [0.2, 0.25) is 0 Å². The molecule has 0 aromatic heterocycles. The predicted molar refractivity (Wildman–Crippen MR) is 65.7 cm³/mol. The highest BCUT2D eigenvalue weighted by molar-refractivity contribution is 5.75. The molecule has 0 aromatic rings. The fourth-order valence-corrected chi connectivity index (χ4v) is 2.62. The predicted octanol–water partition coefficient (Wildman–Crippen LogP) is 1.41. The average molecular weight is 227 g/mol. The minimum absolute atomic E-state index is 0.0584. The summed E-state index contributed by atoms with van der Waals surface area (Å²) in [6.45, 7) is 5.66. The number of hydrogen-bond donors (Lipinski definition) is 2. The normalized spacial score (nSPS) is 24.1. The van der Waals surface area contributed by atoms with E-state index in [9.17, 15) is 4.79 Å². The van der Waals surface area contributed by atoms with Crippen molar-refractivity contribution >= 4 is 5.91 Å². The Labute approximate surface area is 98.5 Å². The Morgan fingerprint density at radius 2 is 2.31 bits per heavy atom. The average Bonchev–Trinajstić information content (AvgIpc) is 2.35. The molecular weight excluding hydrogens is 202 g/mol. The lowest BCUT2D eigenvalue weighted by Crippen LogP contribution is -2.45. The zero-order valence-electron chi connectivity index (χ0n) is 10.5. The summed E-state index contributed by atoms with van der Waals surface area (Å²) >= 11 is 0. The van der Waals surface area contributed by atoms with Crippen LogP contribution in [0, 0.1) is 0 Å². The highest BCUT2D eigenvalue weighted by Crippen LogP contribution is 2.23. The minimum Gasteiger partial charge on any atom is -0.298 e. The Hall–Kier alpha value is -0.610. The van der Waals surface area contributed by atoms with E-state index in [2.05, 4.69) is 24.2 Å². The Morgan fingerprint density at radius 1 is 1.56 bits per heavy atom. The fourth-order valence-electron chi connectivity index (χ4n) is 2.62. The molecule has 0 bridgehead atoms. The quantitative estimate of drug-likeness (QED) is 0.424. The van der Waals surface area contributed by atoms with Gasteiger partial charge in [-0.3, -0.25) is 15.1 Å². The third-order valence-corrected chi connectivity index (χ3v) is 3.66. The topological polar surface area (TPSA) is 58.4 Å². The standard InChI is InChI=1S/C12H25N3O/c1-3-11-6-4-5-9-15(11)10(2)7-8-12(16)14-13/h10-11H,3-9,13H2,1-2H3,(H,14,16). The molecule has 1 rings (SSSR count). The van der Waals surface area contributed by atoms with Gasteiger partial charge in [-0.1, -0.05) is 13.3 Å². The molecule has 0 aromatic carbocycles. The summed E-state index contributed by atoms with van der Waals surface area (Å²) in [5.41, 5.74) is 2.19. The van der Waals surface area contributed by atoms with E-state index in [1.54, 1.807) is 0 Å². The number of likely N-dealkylation sites (tertiary alicyclic amines) is 1. The number of nitrogens with one attached hydrogen (secondary N) is 1. The zero-order chi connectivity index (χ0) is 12.0. The van der Waals surface area contributed by atoms with Crippen molar-refractivity contribution in [2.75, 3.05) is 6.54 Å². The molecule has 4 nitrogen and oxygen atoms in total. The number of amides is 1. The number of carbonyl (C=O) groups is 1. The van der Waals surface area contributed by atoms with Crippen LogP contribution in [0.5, 0.6) is 0 Å². The minimum atomic E-state index is -0.0584. The van der Waals surface area contributed by atoms with E-state index in [0.717, 1.165) is 6.42 Å². The Kier molecular flexibility index (Phi) is 5.77. The van der Waals surface area contributed by atoms with E-state index >= 15 is 0 Å². The molecule has 0 radical (unpaired) electrons. The lowest BCUT2D eigenvalue weighted by Gasteiger charge is -2.39. The van der Waals surface area contributed by atoms with Gasteiger partial charge in [-0.15, -0.1) is 0 Å². The first kappa shape index (κ1) is 13.5. The number of rotatable bonds is 5. The smallest absolute Gasteiger partial charge is 0.233 e. The summed E-state index contributed by atoms with van der Waals surface area (Å²) in [6.07, 6.45) is 6.61. The third kappa shape index (κ3) is 3.76. The van der Waals surface area contributed by atoms with Gasteiger partial charge in [-0.25, -0.2) is 5.84 Å². The van der Waals surface area contributed by atoms with Crippen LogP contribution in [0.25, 0.3) is 0 Å². The van der Waals surface area contributed by atoms with Crippen LogP contribution in [0.4, 0.5) is 0 Å². The molecule has 16 heavy (non-hydrogen) atoms. The lowest BCUT2D eigenvalue weighted by atomic mass is 9.97. The molecule has 1 aliphatic heterocycles. The van der Waals surface area contributed by atoms with Crippen molar-refractivity contribution in [3.05, 3.63) is 0 Å². The van der Waals surface area contributed by atoms with Crippen LogP contribution in [-0.2, 0) is 4.79 Å². The molecule has 0 spiro atoms. The monoisotopic (exact) mass is 227 g/mol. The van der Waals surface area contributed by atoms with Gasteiger partial charge in [-0.2, -0.15) is 0 Å². The van der Waals surface area contributed by atoms with Crippen molar-refractivity contribution in [2.45, 2.75) is 64.5 Å². The van der Waals surface area contributed by atoms with Gasteiger partial charge in [0.1, 0.15) is 0 Å². The van der Waals surface area contributed by atoms with Gasteiger partial charge in [0.25, 0.3) is 0 Å². The molecular formula is C12H25N3O. The summed E-state index contributed by atoms with van der Waals surface area (Å²) in [7, 11) is 0. The van der Waals surface area contributed by atoms with Crippen LogP contribution in [0.1, 0.15) is 52.4 Å². The summed E-state index contributed by atoms with van der Waals surface area (Å²) in [5.74, 6) is 5.02. The number of carbonyl (C=O) groups excluding carboxylic acids is 1. The van der Waals surface area contributed by atoms with Gasteiger partial charge >= 0.3 is 0 Å². The van der Waals surface area contributed by atoms with Crippen molar-refractivity contribution in [1.29, 1.82) is 0 Å². The molecule has 3 N–H and O–H groups in total. The van der Waals surface area contributed by atoms with Crippen LogP contribution >= 0.6 is 0 Å². The molecule has 2 unspecified atom stereocenters. The maximum Gasteiger partial charge on any atom is 0.233 e. The fraction of sp³-hybridized carbons (Fsp3) is 0.917. The first-order valence-electron chi connectivity index (χ1n) is 6.44. The lowest BCUT2D eigenvalue weighted by molar-refractivity contribution is -0.121. The van der Waals surface area contributed by atoms with Gasteiger partial charge in [0.05, 0.1) is 0 Å². The van der Waals surface area contributed by atoms with Crippen molar-refractivity contribution < 1.29 is 4.79 Å². The SMILES string of the molecule is CCC1CCCCN1C(C)CCC(=O)NN. The largest absolute Gasteiger partial charge is 0.298 e. The van der Waals surface area contributed by atoms with Crippen molar-refractivity contribution in [3.8, 4) is 0 Å². The van der Waals surface area contributed by atoms with Crippen molar-refractivity contribution in [1.82, 2.24) is 10.3 Å². The second-order valence-corrected chi connectivity index (χ2v) is 4.75. The van der Waals surface area contributed by atoms with Crippen LogP contribution in [0.15, 0.2) is 0 Å². The van der Waals surface area contributed by atoms with Crippen molar-refractivity contribution in [2.24, 2.45) is 5.84 Å². The highest BCUT2D eigenvalue weighted by atomic mass is 16.2. The highest BCUT2D eigenvalue weighted by Gasteiger charge is 2.25. The van der Waals surface area contributed by atoms with E-state index in [1.165, 1.54) is 32.2 Å². The maximum atomic E-state index is 11.1. The van der Waals surface area contributed by atoms with E-state index in [-0.39, 0.29) is 5.91 Å². The van der Waals surface area contributed by atoms with E-state index in [1.807, 2.05) is 0 Å². The van der Waals surface area contributed by atoms with Gasteiger partial charge in [0.2, 0.25) is 5.91 Å². The molecule has 4 heteroatoms. The van der Waals surface area contributed by atoms with Crippen LogP contribution < -0.4 is 11.3 Å². The molecule has 1 fully saturated rings. The van der Waals surface area contributed by atoms with Gasteiger partial charge < -0.3 is 0 Å². The summed E-state index contributed by atoms with van der Waals surface area (Å²) in [5, 5.41) is 0. The third-order valence-electron chi connectivity index (χ3n) is 3.66. The van der Waals surface area contributed by atoms with Crippen LogP contribution in [0.3, 0.4) is 0 Å². The molecule has 0 aliphatic carbocycles. The van der Waals surface area contributed by atoms with Gasteiger partial charge in [0, 0.05) is 18.5 Å². The summed E-state index contributed by atoms with van der Waals surface area (Å²) in [4.78, 5) is 13.7. The maximum absolute atomic E-state index is 11.1. The first-order chi connectivity index (χ1) is 7.69. The molecule has 0 saturated carbocycles. The Balaban J connectivity index is 2.38. The van der Waals surface area contributed by atoms with E-state index < -0.39 is 0 Å². The molecule has 1 heterocycles. The van der Waals surface area contributed by atoms with Crippen molar-refractivity contribution in [3.63, 3.8) is 0 Å². The molecule has 2 atom stereocenters. The number of hydrazine groups is 1. The first-order valence-corrected chi connectivity index (χ1v) is 6.44. The molecule has 1 aliphatic rings. The molecule has 1 saturated heterocycles. The number of piperidine rings is 1. The summed E-state index contributed by atoms with van der Waals surface area (Å²) < 4.78 is 0. The number of nitrogens with two attached hydrogens (primary N) is 1. The Bertz CT molecular complexity index is 220. The second-order valence-electron chi connectivity index (χ2n) is 4.75. The van der Waals surface area contributed by atoms with E-state index in [0.29, 0.717) is 18.5 Å². The molecule has 1 amide bonds. The number of hydrogen-bond acceptors (Lipinski definition) is 3. The van der Waals surface area contributed by atoms with E-state index in [4.69, 9.17) is 5.84 Å². The Morgan fingerprint density at radius 3 is 2.94 bits per heavy atom. The summed E-state index contributed by atoms with van der Waals surface area (Å²) in [6, 6.07) is 1.20. The second kappa shape index (κ2) is 6.86. The number of nitrogens with zero attached hydrogens (tertiary/aromatic N) is 1. The van der Waals surface area contributed by atoms with Gasteiger partial charge in [-0.05, 0) is 39.2 Å². The van der Waals surface area contributed by atoms with Crippen LogP contribution in [-0.4, -0.2) is 29.4 Å².